The topological polar surface area (TPSA) is 79.4 Å². The van der Waals surface area contributed by atoms with Gasteiger partial charge in [0.2, 0.25) is 0 Å². The molecule has 0 spiro atoms. The highest BCUT2D eigenvalue weighted by Crippen LogP contribution is 2.45. The summed E-state index contributed by atoms with van der Waals surface area (Å²) in [4.78, 5) is 12.4. The van der Waals surface area contributed by atoms with Crippen molar-refractivity contribution in [1.82, 2.24) is 14.9 Å². The standard InChI is InChI=1S/C19H21N3O4/c1-19(2,3)26-18(23)22-16-9-17(24-11-14-6-7-25-21-14)15(12-4-5-12)8-13(16)10-20-22/h6-10,12H,4-5,11H2,1-3H3. The maximum absolute atomic E-state index is 12.4. The quantitative estimate of drug-likeness (QED) is 0.695. The summed E-state index contributed by atoms with van der Waals surface area (Å²) in [5.41, 5.74) is 1.94. The summed E-state index contributed by atoms with van der Waals surface area (Å²) in [6, 6.07) is 5.68. The Morgan fingerprint density at radius 1 is 1.35 bits per heavy atom. The van der Waals surface area contributed by atoms with E-state index in [9.17, 15) is 4.79 Å². The summed E-state index contributed by atoms with van der Waals surface area (Å²) in [7, 11) is 0. The van der Waals surface area contributed by atoms with Crippen molar-refractivity contribution in [3.8, 4) is 5.75 Å². The van der Waals surface area contributed by atoms with Crippen molar-refractivity contribution < 1.29 is 18.8 Å². The average molecular weight is 355 g/mol. The predicted octanol–water partition coefficient (Wildman–Crippen LogP) is 4.26. The van der Waals surface area contributed by atoms with E-state index in [1.165, 1.54) is 10.9 Å². The second kappa shape index (κ2) is 6.16. The van der Waals surface area contributed by atoms with Crippen molar-refractivity contribution in [2.24, 2.45) is 0 Å². The maximum Gasteiger partial charge on any atom is 0.435 e. The third-order valence-electron chi connectivity index (χ3n) is 4.15. The molecule has 1 saturated carbocycles. The molecular weight excluding hydrogens is 334 g/mol. The molecule has 4 rings (SSSR count). The van der Waals surface area contributed by atoms with E-state index in [1.807, 2.05) is 26.8 Å². The van der Waals surface area contributed by atoms with Crippen LogP contribution in [0.2, 0.25) is 0 Å². The zero-order valence-corrected chi connectivity index (χ0v) is 15.1. The minimum Gasteiger partial charge on any atom is -0.487 e. The van der Waals surface area contributed by atoms with Gasteiger partial charge in [-0.1, -0.05) is 5.16 Å². The molecule has 2 aromatic heterocycles. The Morgan fingerprint density at radius 3 is 2.81 bits per heavy atom. The van der Waals surface area contributed by atoms with E-state index in [-0.39, 0.29) is 0 Å². The molecule has 3 aromatic rings. The predicted molar refractivity (Wildman–Crippen MR) is 94.2 cm³/mol. The van der Waals surface area contributed by atoms with Crippen LogP contribution in [-0.4, -0.2) is 26.6 Å². The Labute approximate surface area is 150 Å². The van der Waals surface area contributed by atoms with Gasteiger partial charge in [0.05, 0.1) is 11.7 Å². The van der Waals surface area contributed by atoms with Gasteiger partial charge in [-0.05, 0) is 51.2 Å². The Kier molecular flexibility index (Phi) is 3.94. The third-order valence-corrected chi connectivity index (χ3v) is 4.15. The number of hydrogen-bond acceptors (Lipinski definition) is 6. The molecule has 26 heavy (non-hydrogen) atoms. The van der Waals surface area contributed by atoms with Crippen LogP contribution in [0.4, 0.5) is 4.79 Å². The van der Waals surface area contributed by atoms with Crippen LogP contribution in [-0.2, 0) is 11.3 Å². The molecule has 0 saturated heterocycles. The lowest BCUT2D eigenvalue weighted by Gasteiger charge is -2.19. The fourth-order valence-electron chi connectivity index (χ4n) is 2.83. The molecule has 0 atom stereocenters. The monoisotopic (exact) mass is 355 g/mol. The number of benzene rings is 1. The molecule has 1 aromatic carbocycles. The van der Waals surface area contributed by atoms with Gasteiger partial charge in [-0.25, -0.2) is 4.79 Å². The number of hydrogen-bond donors (Lipinski definition) is 0. The first-order valence-electron chi connectivity index (χ1n) is 8.68. The van der Waals surface area contributed by atoms with Gasteiger partial charge < -0.3 is 14.0 Å². The first-order valence-corrected chi connectivity index (χ1v) is 8.68. The number of fused-ring (bicyclic) bond motifs is 1. The Morgan fingerprint density at radius 2 is 2.15 bits per heavy atom. The summed E-state index contributed by atoms with van der Waals surface area (Å²) < 4.78 is 17.5. The van der Waals surface area contributed by atoms with Crippen LogP contribution in [0.1, 0.15) is 50.8 Å². The number of carbonyl (C=O) groups excluding carboxylic acids is 1. The lowest BCUT2D eigenvalue weighted by Crippen LogP contribution is -2.27. The van der Waals surface area contributed by atoms with E-state index in [4.69, 9.17) is 14.0 Å². The molecule has 7 nitrogen and oxygen atoms in total. The van der Waals surface area contributed by atoms with E-state index < -0.39 is 11.7 Å². The van der Waals surface area contributed by atoms with Crippen molar-refractivity contribution in [2.45, 2.75) is 51.7 Å². The van der Waals surface area contributed by atoms with Crippen LogP contribution in [0, 0.1) is 0 Å². The second-order valence-electron chi connectivity index (χ2n) is 7.54. The van der Waals surface area contributed by atoms with Gasteiger partial charge in [0.25, 0.3) is 0 Å². The van der Waals surface area contributed by atoms with Crippen LogP contribution in [0.15, 0.2) is 35.2 Å². The summed E-state index contributed by atoms with van der Waals surface area (Å²) in [5.74, 6) is 1.24. The van der Waals surface area contributed by atoms with Gasteiger partial charge >= 0.3 is 6.09 Å². The van der Waals surface area contributed by atoms with Gasteiger partial charge in [0, 0.05) is 17.5 Å². The van der Waals surface area contributed by atoms with E-state index in [2.05, 4.69) is 16.3 Å². The van der Waals surface area contributed by atoms with Crippen molar-refractivity contribution >= 4 is 17.0 Å². The molecule has 0 radical (unpaired) electrons. The second-order valence-corrected chi connectivity index (χ2v) is 7.54. The fraction of sp³-hybridized carbons (Fsp3) is 0.421. The summed E-state index contributed by atoms with van der Waals surface area (Å²) in [6.07, 6.45) is 4.99. The first-order chi connectivity index (χ1) is 12.4. The molecule has 0 amide bonds. The molecule has 1 aliphatic rings. The number of carbonyl (C=O) groups is 1. The minimum absolute atomic E-state index is 0.308. The molecule has 0 unspecified atom stereocenters. The van der Waals surface area contributed by atoms with Crippen molar-refractivity contribution in [1.29, 1.82) is 0 Å². The summed E-state index contributed by atoms with van der Waals surface area (Å²) in [5, 5.41) is 8.97. The van der Waals surface area contributed by atoms with Crippen molar-refractivity contribution in [2.75, 3.05) is 0 Å². The van der Waals surface area contributed by atoms with Crippen LogP contribution in [0.25, 0.3) is 10.9 Å². The fourth-order valence-corrected chi connectivity index (χ4v) is 2.83. The molecule has 0 aliphatic heterocycles. The van der Waals surface area contributed by atoms with Crippen molar-refractivity contribution in [3.63, 3.8) is 0 Å². The highest BCUT2D eigenvalue weighted by atomic mass is 16.6. The van der Waals surface area contributed by atoms with Gasteiger partial charge in [-0.3, -0.25) is 0 Å². The maximum atomic E-state index is 12.4. The van der Waals surface area contributed by atoms with E-state index in [1.54, 1.807) is 12.3 Å². The van der Waals surface area contributed by atoms with Gasteiger partial charge in [-0.2, -0.15) is 9.78 Å². The number of nitrogens with zero attached hydrogens (tertiary/aromatic N) is 3. The highest BCUT2D eigenvalue weighted by molar-refractivity contribution is 5.89. The molecule has 0 N–H and O–H groups in total. The number of aromatic nitrogens is 3. The van der Waals surface area contributed by atoms with E-state index >= 15 is 0 Å². The first kappa shape index (κ1) is 16.6. The van der Waals surface area contributed by atoms with Gasteiger partial charge in [-0.15, -0.1) is 0 Å². The molecule has 136 valence electrons. The average Bonchev–Trinajstić information content (AvgIpc) is 3.12. The molecule has 2 heterocycles. The molecular formula is C19H21N3O4. The summed E-state index contributed by atoms with van der Waals surface area (Å²) in [6.45, 7) is 5.79. The molecule has 1 aliphatic carbocycles. The SMILES string of the molecule is CC(C)(C)OC(=O)n1ncc2cc(C3CC3)c(OCc3ccon3)cc21. The lowest BCUT2D eigenvalue weighted by atomic mass is 10.1. The van der Waals surface area contributed by atoms with Crippen LogP contribution < -0.4 is 4.74 Å². The van der Waals surface area contributed by atoms with Crippen LogP contribution in [0.5, 0.6) is 5.75 Å². The molecule has 7 heteroatoms. The Hall–Kier alpha value is -2.83. The zero-order chi connectivity index (χ0) is 18.3. The van der Waals surface area contributed by atoms with Crippen molar-refractivity contribution in [3.05, 3.63) is 41.9 Å². The number of ether oxygens (including phenoxy) is 2. The Bertz CT molecular complexity index is 934. The molecule has 0 bridgehead atoms. The molecule has 1 fully saturated rings. The van der Waals surface area contributed by atoms with E-state index in [0.29, 0.717) is 23.7 Å². The normalized spacial score (nSPS) is 14.6. The Balaban J connectivity index is 1.68. The smallest absolute Gasteiger partial charge is 0.435 e. The largest absolute Gasteiger partial charge is 0.487 e. The minimum atomic E-state index is -0.588. The highest BCUT2D eigenvalue weighted by Gasteiger charge is 2.29. The third kappa shape index (κ3) is 3.42. The van der Waals surface area contributed by atoms with Gasteiger partial charge in [0.1, 0.15) is 29.9 Å². The van der Waals surface area contributed by atoms with Crippen LogP contribution >= 0.6 is 0 Å². The van der Waals surface area contributed by atoms with Crippen LogP contribution in [0.3, 0.4) is 0 Å². The number of rotatable bonds is 4. The zero-order valence-electron chi connectivity index (χ0n) is 15.1. The van der Waals surface area contributed by atoms with Gasteiger partial charge in [0.15, 0.2) is 0 Å². The van der Waals surface area contributed by atoms with E-state index in [0.717, 1.165) is 29.5 Å². The lowest BCUT2D eigenvalue weighted by molar-refractivity contribution is 0.0522. The summed E-state index contributed by atoms with van der Waals surface area (Å²) >= 11 is 0.